The zero-order valence-electron chi connectivity index (χ0n) is 18.1. The fraction of sp³-hybridized carbons (Fsp3) is 0.375. The number of hydrogen-bond donors (Lipinski definition) is 2. The maximum atomic E-state index is 12.4. The van der Waals surface area contributed by atoms with Crippen molar-refractivity contribution in [3.63, 3.8) is 0 Å². The van der Waals surface area contributed by atoms with E-state index < -0.39 is 0 Å². The van der Waals surface area contributed by atoms with Gasteiger partial charge in [0.2, 0.25) is 11.8 Å². The summed E-state index contributed by atoms with van der Waals surface area (Å²) in [5, 5.41) is 6.48. The molecule has 0 unspecified atom stereocenters. The summed E-state index contributed by atoms with van der Waals surface area (Å²) in [6, 6.07) is 13.4. The molecular weight excluding hydrogens is 442 g/mol. The Labute approximate surface area is 196 Å². The van der Waals surface area contributed by atoms with E-state index in [0.717, 1.165) is 52.2 Å². The number of aromatic nitrogens is 1. The minimum atomic E-state index is -0.103. The molecule has 32 heavy (non-hydrogen) atoms. The van der Waals surface area contributed by atoms with Crippen molar-refractivity contribution in [2.24, 2.45) is 5.92 Å². The molecule has 2 aromatic carbocycles. The minimum absolute atomic E-state index is 0.103. The Balaban J connectivity index is 1.26. The normalized spacial score (nSPS) is 14.3. The lowest BCUT2D eigenvalue weighted by atomic mass is 9.88. The monoisotopic (exact) mass is 469 g/mol. The first-order chi connectivity index (χ1) is 15.6. The van der Waals surface area contributed by atoms with Crippen LogP contribution in [0, 0.1) is 5.92 Å². The molecule has 0 atom stereocenters. The maximum Gasteiger partial charge on any atom is 0.236 e. The molecule has 0 bridgehead atoms. The molecule has 1 aromatic heterocycles. The Morgan fingerprint density at radius 3 is 2.62 bits per heavy atom. The van der Waals surface area contributed by atoms with Gasteiger partial charge in [-0.1, -0.05) is 30.6 Å². The first-order valence-corrected chi connectivity index (χ1v) is 12.8. The second kappa shape index (κ2) is 10.8. The van der Waals surface area contributed by atoms with E-state index in [2.05, 4.69) is 15.6 Å². The molecule has 1 heterocycles. The van der Waals surface area contributed by atoms with Gasteiger partial charge in [0, 0.05) is 16.5 Å². The molecule has 3 aromatic rings. The SMILES string of the molecule is CCOc1ccc2nc(NC(=O)CSc3ccc(NC(=O)C4CCCCC4)cc3)sc2c1. The van der Waals surface area contributed by atoms with Gasteiger partial charge in [0.15, 0.2) is 5.13 Å². The quantitative estimate of drug-likeness (QED) is 0.399. The molecule has 0 saturated heterocycles. The Bertz CT molecular complexity index is 1080. The van der Waals surface area contributed by atoms with Crippen molar-refractivity contribution in [1.29, 1.82) is 0 Å². The summed E-state index contributed by atoms with van der Waals surface area (Å²) in [5.41, 5.74) is 1.64. The molecule has 0 spiro atoms. The highest BCUT2D eigenvalue weighted by Gasteiger charge is 2.21. The number of anilines is 2. The van der Waals surface area contributed by atoms with Crippen LogP contribution in [-0.4, -0.2) is 29.2 Å². The standard InChI is InChI=1S/C24H27N3O3S2/c1-2-30-18-10-13-20-21(14-18)32-24(26-20)27-22(28)15-31-19-11-8-17(9-12-19)25-23(29)16-6-4-3-5-7-16/h8-14,16H,2-7,15H2,1H3,(H,25,29)(H,26,27,28). The van der Waals surface area contributed by atoms with Crippen LogP contribution in [0.25, 0.3) is 10.2 Å². The van der Waals surface area contributed by atoms with E-state index in [9.17, 15) is 9.59 Å². The van der Waals surface area contributed by atoms with Gasteiger partial charge in [-0.2, -0.15) is 0 Å². The average Bonchev–Trinajstić information content (AvgIpc) is 3.21. The van der Waals surface area contributed by atoms with Crippen molar-refractivity contribution in [1.82, 2.24) is 4.98 Å². The largest absolute Gasteiger partial charge is 0.494 e. The zero-order chi connectivity index (χ0) is 22.3. The Morgan fingerprint density at radius 1 is 1.09 bits per heavy atom. The number of thiazole rings is 1. The third kappa shape index (κ3) is 6.01. The Morgan fingerprint density at radius 2 is 1.88 bits per heavy atom. The van der Waals surface area contributed by atoms with Gasteiger partial charge in [0.05, 0.1) is 22.6 Å². The van der Waals surface area contributed by atoms with E-state index in [1.165, 1.54) is 29.5 Å². The summed E-state index contributed by atoms with van der Waals surface area (Å²) in [7, 11) is 0. The molecule has 168 valence electrons. The van der Waals surface area contributed by atoms with E-state index in [1.54, 1.807) is 0 Å². The van der Waals surface area contributed by atoms with Gasteiger partial charge in [-0.15, -0.1) is 11.8 Å². The molecule has 8 heteroatoms. The van der Waals surface area contributed by atoms with Crippen molar-refractivity contribution >= 4 is 55.9 Å². The van der Waals surface area contributed by atoms with Gasteiger partial charge in [0.1, 0.15) is 5.75 Å². The molecule has 1 aliphatic carbocycles. The van der Waals surface area contributed by atoms with Crippen LogP contribution in [0.2, 0.25) is 0 Å². The van der Waals surface area contributed by atoms with Crippen LogP contribution >= 0.6 is 23.1 Å². The van der Waals surface area contributed by atoms with Gasteiger partial charge in [-0.05, 0) is 62.2 Å². The first kappa shape index (κ1) is 22.6. The first-order valence-electron chi connectivity index (χ1n) is 11.0. The Hall–Kier alpha value is -2.58. The van der Waals surface area contributed by atoms with Crippen LogP contribution in [0.5, 0.6) is 5.75 Å². The third-order valence-corrected chi connectivity index (χ3v) is 7.33. The number of carbonyl (C=O) groups is 2. The van der Waals surface area contributed by atoms with E-state index >= 15 is 0 Å². The van der Waals surface area contributed by atoms with E-state index in [4.69, 9.17) is 4.74 Å². The summed E-state index contributed by atoms with van der Waals surface area (Å²) < 4.78 is 6.49. The lowest BCUT2D eigenvalue weighted by molar-refractivity contribution is -0.120. The van der Waals surface area contributed by atoms with Crippen LogP contribution in [0.15, 0.2) is 47.4 Å². The van der Waals surface area contributed by atoms with E-state index in [0.29, 0.717) is 11.7 Å². The number of fused-ring (bicyclic) bond motifs is 1. The van der Waals surface area contributed by atoms with Gasteiger partial charge < -0.3 is 15.4 Å². The average molecular weight is 470 g/mol. The molecule has 1 fully saturated rings. The molecule has 1 saturated carbocycles. The number of benzene rings is 2. The summed E-state index contributed by atoms with van der Waals surface area (Å²) in [4.78, 5) is 30.2. The van der Waals surface area contributed by atoms with Gasteiger partial charge in [0.25, 0.3) is 0 Å². The fourth-order valence-corrected chi connectivity index (χ4v) is 5.37. The number of nitrogens with one attached hydrogen (secondary N) is 2. The van der Waals surface area contributed by atoms with Crippen LogP contribution < -0.4 is 15.4 Å². The molecule has 6 nitrogen and oxygen atoms in total. The van der Waals surface area contributed by atoms with Crippen molar-refractivity contribution in [2.75, 3.05) is 23.0 Å². The molecular formula is C24H27N3O3S2. The van der Waals surface area contributed by atoms with Crippen LogP contribution in [0.3, 0.4) is 0 Å². The van der Waals surface area contributed by atoms with E-state index in [-0.39, 0.29) is 23.5 Å². The lowest BCUT2D eigenvalue weighted by Gasteiger charge is -2.20. The number of thioether (sulfide) groups is 1. The van der Waals surface area contributed by atoms with Crippen LogP contribution in [0.1, 0.15) is 39.0 Å². The number of carbonyl (C=O) groups excluding carboxylic acids is 2. The van der Waals surface area contributed by atoms with Crippen molar-refractivity contribution in [3.05, 3.63) is 42.5 Å². The summed E-state index contributed by atoms with van der Waals surface area (Å²) >= 11 is 2.89. The van der Waals surface area contributed by atoms with Crippen LogP contribution in [-0.2, 0) is 9.59 Å². The van der Waals surface area contributed by atoms with Gasteiger partial charge in [-0.3, -0.25) is 9.59 Å². The maximum absolute atomic E-state index is 12.4. The van der Waals surface area contributed by atoms with Crippen LogP contribution in [0.4, 0.5) is 10.8 Å². The molecule has 0 radical (unpaired) electrons. The predicted molar refractivity (Wildman–Crippen MR) is 132 cm³/mol. The molecule has 2 amide bonds. The molecule has 4 rings (SSSR count). The molecule has 1 aliphatic rings. The fourth-order valence-electron chi connectivity index (χ4n) is 3.76. The second-order valence-corrected chi connectivity index (χ2v) is 9.85. The van der Waals surface area contributed by atoms with Crippen molar-refractivity contribution < 1.29 is 14.3 Å². The topological polar surface area (TPSA) is 80.3 Å². The highest BCUT2D eigenvalue weighted by Crippen LogP contribution is 2.30. The third-order valence-electron chi connectivity index (χ3n) is 5.39. The molecule has 0 aliphatic heterocycles. The minimum Gasteiger partial charge on any atom is -0.494 e. The number of rotatable bonds is 8. The van der Waals surface area contributed by atoms with Gasteiger partial charge in [-0.25, -0.2) is 4.98 Å². The van der Waals surface area contributed by atoms with Crippen molar-refractivity contribution in [2.45, 2.75) is 43.9 Å². The highest BCUT2D eigenvalue weighted by atomic mass is 32.2. The van der Waals surface area contributed by atoms with Gasteiger partial charge >= 0.3 is 0 Å². The predicted octanol–water partition coefficient (Wildman–Crippen LogP) is 5.94. The molecule has 2 N–H and O–H groups in total. The highest BCUT2D eigenvalue weighted by molar-refractivity contribution is 8.00. The second-order valence-electron chi connectivity index (χ2n) is 7.77. The summed E-state index contributed by atoms with van der Waals surface area (Å²) in [5.74, 6) is 1.24. The number of nitrogens with zero attached hydrogens (tertiary/aromatic N) is 1. The smallest absolute Gasteiger partial charge is 0.236 e. The number of hydrogen-bond acceptors (Lipinski definition) is 6. The number of ether oxygens (including phenoxy) is 1. The zero-order valence-corrected chi connectivity index (χ0v) is 19.7. The summed E-state index contributed by atoms with van der Waals surface area (Å²) in [6.45, 7) is 2.56. The van der Waals surface area contributed by atoms with Crippen molar-refractivity contribution in [3.8, 4) is 5.75 Å². The van der Waals surface area contributed by atoms with E-state index in [1.807, 2.05) is 49.4 Å². The summed E-state index contributed by atoms with van der Waals surface area (Å²) in [6.07, 6.45) is 5.48. The lowest BCUT2D eigenvalue weighted by Crippen LogP contribution is -2.24. The number of amides is 2. The Kier molecular flexibility index (Phi) is 7.65.